The Morgan fingerprint density at radius 2 is 2.09 bits per heavy atom. The van der Waals surface area contributed by atoms with E-state index in [-0.39, 0.29) is 29.8 Å². The minimum absolute atomic E-state index is 0.114. The lowest BCUT2D eigenvalue weighted by molar-refractivity contribution is -0.213. The van der Waals surface area contributed by atoms with Crippen LogP contribution in [0, 0.1) is 6.92 Å². The Hall–Kier alpha value is -2.83. The van der Waals surface area contributed by atoms with E-state index < -0.39 is 11.0 Å². The van der Waals surface area contributed by atoms with Gasteiger partial charge < -0.3 is 24.7 Å². The maximum atomic E-state index is 13.4. The molecule has 1 saturated heterocycles. The number of rotatable bonds is 3. The van der Waals surface area contributed by atoms with Gasteiger partial charge in [-0.25, -0.2) is 0 Å². The molecule has 6 nitrogen and oxygen atoms in total. The van der Waals surface area contributed by atoms with E-state index in [9.17, 15) is 15.0 Å². The van der Waals surface area contributed by atoms with E-state index in [0.29, 0.717) is 18.6 Å². The van der Waals surface area contributed by atoms with Crippen molar-refractivity contribution in [2.45, 2.75) is 61.8 Å². The van der Waals surface area contributed by atoms with Crippen molar-refractivity contribution in [3.05, 3.63) is 64.7 Å². The highest BCUT2D eigenvalue weighted by atomic mass is 16.5. The molecule has 2 heterocycles. The van der Waals surface area contributed by atoms with Crippen LogP contribution in [-0.2, 0) is 16.6 Å². The first-order valence-corrected chi connectivity index (χ1v) is 12.2. The molecule has 0 aromatic heterocycles. The van der Waals surface area contributed by atoms with Gasteiger partial charge in [-0.05, 0) is 69.5 Å². The molecule has 1 saturated carbocycles. The third-order valence-corrected chi connectivity index (χ3v) is 8.99. The van der Waals surface area contributed by atoms with Crippen LogP contribution in [0.15, 0.2) is 42.5 Å². The Kier molecular flexibility index (Phi) is 4.68. The molecule has 1 amide bonds. The second kappa shape index (κ2) is 7.33. The highest BCUT2D eigenvalue weighted by Crippen LogP contribution is 2.65. The normalized spacial score (nSPS) is 33.5. The Labute approximate surface area is 200 Å². The Bertz CT molecular complexity index is 1210. The molecule has 2 bridgehead atoms. The standard InChI is InChI=1S/C28H32N2O4/c1-17-5-4-6-18(15-17)7-12-24(32)30(3)21-10-11-23-27-13-14-29(2)22(28(21,27)33)16-19-8-9-20(31)26(34-23)25(19)27/h4-9,12,15,21-23,31,33H,10-11,13-14,16H2,1-3H3/t21-,22-,23+,27-,28-/m1/s1. The summed E-state index contributed by atoms with van der Waals surface area (Å²) in [6.07, 6.45) is 6.05. The molecular formula is C28H32N2O4. The fourth-order valence-corrected chi connectivity index (χ4v) is 7.46. The third-order valence-electron chi connectivity index (χ3n) is 8.99. The summed E-state index contributed by atoms with van der Waals surface area (Å²) in [5.74, 6) is 0.568. The third kappa shape index (κ3) is 2.67. The number of hydrogen-bond donors (Lipinski definition) is 2. The van der Waals surface area contributed by atoms with E-state index in [0.717, 1.165) is 41.6 Å². The van der Waals surface area contributed by atoms with Crippen molar-refractivity contribution in [2.75, 3.05) is 20.6 Å². The summed E-state index contributed by atoms with van der Waals surface area (Å²) in [7, 11) is 3.88. The average molecular weight is 461 g/mol. The van der Waals surface area contributed by atoms with Crippen LogP contribution in [-0.4, -0.2) is 70.3 Å². The number of benzene rings is 2. The molecule has 0 unspecified atom stereocenters. The number of likely N-dealkylation sites (tertiary alicyclic amines) is 1. The van der Waals surface area contributed by atoms with Crippen molar-refractivity contribution >= 4 is 12.0 Å². The van der Waals surface area contributed by atoms with Gasteiger partial charge in [-0.2, -0.15) is 0 Å². The van der Waals surface area contributed by atoms with Crippen LogP contribution in [0.1, 0.15) is 41.5 Å². The van der Waals surface area contributed by atoms with Crippen molar-refractivity contribution in [2.24, 2.45) is 0 Å². The molecule has 2 fully saturated rings. The summed E-state index contributed by atoms with van der Waals surface area (Å²) in [4.78, 5) is 17.3. The summed E-state index contributed by atoms with van der Waals surface area (Å²) >= 11 is 0. The van der Waals surface area contributed by atoms with Gasteiger partial charge in [-0.1, -0.05) is 35.9 Å². The number of carbonyl (C=O) groups is 1. The van der Waals surface area contributed by atoms with Gasteiger partial charge in [0.25, 0.3) is 0 Å². The average Bonchev–Trinajstić information content (AvgIpc) is 3.16. The second-order valence-electron chi connectivity index (χ2n) is 10.6. The quantitative estimate of drug-likeness (QED) is 0.689. The first-order valence-electron chi connectivity index (χ1n) is 12.2. The lowest BCUT2D eigenvalue weighted by atomic mass is 9.47. The number of amides is 1. The number of hydrogen-bond acceptors (Lipinski definition) is 5. The minimum Gasteiger partial charge on any atom is -0.504 e. The van der Waals surface area contributed by atoms with E-state index in [1.165, 1.54) is 0 Å². The summed E-state index contributed by atoms with van der Waals surface area (Å²) in [6.45, 7) is 2.88. The minimum atomic E-state index is -1.17. The van der Waals surface area contributed by atoms with Crippen LogP contribution in [0.25, 0.3) is 6.08 Å². The van der Waals surface area contributed by atoms with Crippen LogP contribution in [0.3, 0.4) is 0 Å². The first-order chi connectivity index (χ1) is 16.3. The summed E-state index contributed by atoms with van der Waals surface area (Å²) in [5, 5.41) is 23.4. The Morgan fingerprint density at radius 3 is 2.88 bits per heavy atom. The SMILES string of the molecule is Cc1cccc(C=CC(=O)N(C)[C@@H]2CC[C@@H]3Oc4c(O)ccc5c4[C@@]34CCN(C)[C@H](C5)[C@]24O)c1. The topological polar surface area (TPSA) is 73.2 Å². The predicted molar refractivity (Wildman–Crippen MR) is 130 cm³/mol. The van der Waals surface area contributed by atoms with Gasteiger partial charge in [-0.15, -0.1) is 0 Å². The molecule has 0 radical (unpaired) electrons. The van der Waals surface area contributed by atoms with Gasteiger partial charge >= 0.3 is 0 Å². The van der Waals surface area contributed by atoms with Gasteiger partial charge in [0.15, 0.2) is 11.5 Å². The van der Waals surface area contributed by atoms with Crippen LogP contribution < -0.4 is 4.74 Å². The van der Waals surface area contributed by atoms with Crippen LogP contribution in [0.5, 0.6) is 11.5 Å². The molecule has 2 aliphatic carbocycles. The molecule has 2 aromatic carbocycles. The first kappa shape index (κ1) is 21.7. The van der Waals surface area contributed by atoms with Crippen LogP contribution in [0.2, 0.25) is 0 Å². The summed E-state index contributed by atoms with van der Waals surface area (Å²) in [6, 6.07) is 11.3. The molecule has 6 rings (SSSR count). The number of aromatic hydroxyl groups is 1. The number of phenols is 1. The summed E-state index contributed by atoms with van der Waals surface area (Å²) in [5.41, 5.74) is 2.46. The molecule has 1 spiro atoms. The zero-order chi connectivity index (χ0) is 23.8. The van der Waals surface area contributed by atoms with Gasteiger partial charge in [0.05, 0.1) is 11.5 Å². The number of phenolic OH excluding ortho intramolecular Hbond substituents is 1. The second-order valence-corrected chi connectivity index (χ2v) is 10.6. The largest absolute Gasteiger partial charge is 0.504 e. The van der Waals surface area contributed by atoms with Crippen LogP contribution >= 0.6 is 0 Å². The maximum Gasteiger partial charge on any atom is 0.246 e. The van der Waals surface area contributed by atoms with Crippen molar-refractivity contribution < 1.29 is 19.7 Å². The van der Waals surface area contributed by atoms with Crippen molar-refractivity contribution in [1.29, 1.82) is 0 Å². The lowest BCUT2D eigenvalue weighted by Gasteiger charge is -2.66. The van der Waals surface area contributed by atoms with Gasteiger partial charge in [0.1, 0.15) is 11.7 Å². The fourth-order valence-electron chi connectivity index (χ4n) is 7.46. The van der Waals surface area contributed by atoms with Gasteiger partial charge in [0.2, 0.25) is 5.91 Å². The number of likely N-dealkylation sites (N-methyl/N-ethyl adjacent to an activating group) is 2. The molecule has 6 heteroatoms. The number of nitrogens with zero attached hydrogens (tertiary/aromatic N) is 2. The van der Waals surface area contributed by atoms with E-state index >= 15 is 0 Å². The molecule has 5 atom stereocenters. The molecule has 2 N–H and O–H groups in total. The van der Waals surface area contributed by atoms with E-state index in [1.54, 1.807) is 17.0 Å². The Morgan fingerprint density at radius 1 is 1.26 bits per heavy atom. The lowest BCUT2D eigenvalue weighted by Crippen LogP contribution is -2.81. The van der Waals surface area contributed by atoms with E-state index in [2.05, 4.69) is 11.9 Å². The number of aryl methyl sites for hydroxylation is 1. The molecular weight excluding hydrogens is 428 g/mol. The molecule has 4 aliphatic rings. The van der Waals surface area contributed by atoms with E-state index in [1.807, 2.05) is 50.4 Å². The fraction of sp³-hybridized carbons (Fsp3) is 0.464. The highest BCUT2D eigenvalue weighted by Gasteiger charge is 2.74. The number of ether oxygens (including phenoxy) is 1. The highest BCUT2D eigenvalue weighted by molar-refractivity contribution is 5.92. The predicted octanol–water partition coefficient (Wildman–Crippen LogP) is 3.02. The van der Waals surface area contributed by atoms with Crippen molar-refractivity contribution in [3.8, 4) is 11.5 Å². The molecule has 2 aliphatic heterocycles. The van der Waals surface area contributed by atoms with Gasteiger partial charge in [-0.3, -0.25) is 4.79 Å². The maximum absolute atomic E-state index is 13.4. The number of piperidine rings is 1. The van der Waals surface area contributed by atoms with Crippen molar-refractivity contribution in [3.63, 3.8) is 0 Å². The Balaban J connectivity index is 1.41. The van der Waals surface area contributed by atoms with Crippen molar-refractivity contribution in [1.82, 2.24) is 9.80 Å². The van der Waals surface area contributed by atoms with Gasteiger partial charge in [0, 0.05) is 24.7 Å². The van der Waals surface area contributed by atoms with Crippen LogP contribution in [0.4, 0.5) is 0 Å². The molecule has 178 valence electrons. The number of carbonyl (C=O) groups excluding carboxylic acids is 1. The zero-order valence-corrected chi connectivity index (χ0v) is 20.0. The zero-order valence-electron chi connectivity index (χ0n) is 20.0. The monoisotopic (exact) mass is 460 g/mol. The molecule has 2 aromatic rings. The number of aliphatic hydroxyl groups is 1. The smallest absolute Gasteiger partial charge is 0.246 e. The van der Waals surface area contributed by atoms with E-state index in [4.69, 9.17) is 4.74 Å². The summed E-state index contributed by atoms with van der Waals surface area (Å²) < 4.78 is 6.37. The molecule has 34 heavy (non-hydrogen) atoms.